The average molecular weight is 210 g/mol. The first-order valence-corrected chi connectivity index (χ1v) is 4.32. The van der Waals surface area contributed by atoms with Crippen molar-refractivity contribution in [1.82, 2.24) is 0 Å². The van der Waals surface area contributed by atoms with Crippen LogP contribution >= 0.6 is 0 Å². The van der Waals surface area contributed by atoms with Gasteiger partial charge in [0.1, 0.15) is 0 Å². The number of hydrogen-bond acceptors (Lipinski definition) is 4. The van der Waals surface area contributed by atoms with E-state index in [1.807, 2.05) is 0 Å². The lowest BCUT2D eigenvalue weighted by molar-refractivity contribution is -0.699. The van der Waals surface area contributed by atoms with Gasteiger partial charge in [-0.1, -0.05) is 6.07 Å². The summed E-state index contributed by atoms with van der Waals surface area (Å²) in [4.78, 5) is 22.7. The Kier molecular flexibility index (Phi) is 3.79. The van der Waals surface area contributed by atoms with Gasteiger partial charge < -0.3 is 9.47 Å². The molecule has 0 aliphatic rings. The first-order valence-electron chi connectivity index (χ1n) is 4.32. The minimum absolute atomic E-state index is 0.655. The van der Waals surface area contributed by atoms with E-state index < -0.39 is 18.0 Å². The molecule has 0 unspecified atom stereocenters. The molecule has 0 amide bonds. The molecule has 0 bridgehead atoms. The Labute approximate surface area is 87.2 Å². The third kappa shape index (κ3) is 2.52. The minimum Gasteiger partial charge on any atom is -0.464 e. The zero-order valence-corrected chi connectivity index (χ0v) is 8.54. The zero-order valence-electron chi connectivity index (χ0n) is 8.54. The second-order valence-corrected chi connectivity index (χ2v) is 2.77. The molecule has 0 aliphatic carbocycles. The standard InChI is InChI=1S/C10H12NO4/c1-14-9(12)8(10(13)15-2)11-6-4-3-5-7-11/h3-8H,1-2H3/q+1. The van der Waals surface area contributed by atoms with Crippen LogP contribution in [0.25, 0.3) is 0 Å². The van der Waals surface area contributed by atoms with Gasteiger partial charge in [0.15, 0.2) is 12.4 Å². The summed E-state index contributed by atoms with van der Waals surface area (Å²) in [5.74, 6) is -1.31. The molecule has 80 valence electrons. The molecule has 0 saturated carbocycles. The first-order chi connectivity index (χ1) is 7.20. The van der Waals surface area contributed by atoms with Gasteiger partial charge in [-0.2, -0.15) is 4.57 Å². The Balaban J connectivity index is 3.02. The summed E-state index contributed by atoms with van der Waals surface area (Å²) in [5, 5.41) is 0. The fourth-order valence-corrected chi connectivity index (χ4v) is 1.15. The Hall–Kier alpha value is -1.91. The molecule has 1 heterocycles. The van der Waals surface area contributed by atoms with Gasteiger partial charge in [0.2, 0.25) is 0 Å². The SMILES string of the molecule is COC(=O)C(C(=O)OC)[n+]1ccccc1. The number of carbonyl (C=O) groups excluding carboxylic acids is 2. The predicted octanol–water partition coefficient (Wildman–Crippen LogP) is -0.139. The number of rotatable bonds is 3. The lowest BCUT2D eigenvalue weighted by Crippen LogP contribution is -2.48. The summed E-state index contributed by atoms with van der Waals surface area (Å²) in [6.45, 7) is 0. The summed E-state index contributed by atoms with van der Waals surface area (Å²) >= 11 is 0. The van der Waals surface area contributed by atoms with Gasteiger partial charge in [0.05, 0.1) is 14.2 Å². The van der Waals surface area contributed by atoms with Gasteiger partial charge in [-0.25, -0.2) is 9.59 Å². The minimum atomic E-state index is -1.08. The molecule has 1 aromatic rings. The third-order valence-electron chi connectivity index (χ3n) is 1.89. The maximum absolute atomic E-state index is 11.4. The molecule has 0 spiro atoms. The van der Waals surface area contributed by atoms with Crippen LogP contribution in [0.1, 0.15) is 6.04 Å². The molecule has 0 fully saturated rings. The third-order valence-corrected chi connectivity index (χ3v) is 1.89. The molecular formula is C10H12NO4+. The molecule has 1 aromatic heterocycles. The van der Waals surface area contributed by atoms with Crippen molar-refractivity contribution in [3.63, 3.8) is 0 Å². The lowest BCUT2D eigenvalue weighted by atomic mass is 10.3. The fraction of sp³-hybridized carbons (Fsp3) is 0.300. The number of pyridine rings is 1. The number of carbonyl (C=O) groups is 2. The molecule has 5 heteroatoms. The monoisotopic (exact) mass is 210 g/mol. The van der Waals surface area contributed by atoms with E-state index >= 15 is 0 Å². The highest BCUT2D eigenvalue weighted by Gasteiger charge is 2.37. The van der Waals surface area contributed by atoms with Crippen molar-refractivity contribution in [2.24, 2.45) is 0 Å². The van der Waals surface area contributed by atoms with Crippen molar-refractivity contribution >= 4 is 11.9 Å². The van der Waals surface area contributed by atoms with Gasteiger partial charge >= 0.3 is 18.0 Å². The van der Waals surface area contributed by atoms with Gasteiger partial charge in [0.25, 0.3) is 0 Å². The summed E-state index contributed by atoms with van der Waals surface area (Å²) < 4.78 is 10.5. The van der Waals surface area contributed by atoms with E-state index in [2.05, 4.69) is 9.47 Å². The van der Waals surface area contributed by atoms with E-state index in [0.29, 0.717) is 0 Å². The van der Waals surface area contributed by atoms with E-state index in [9.17, 15) is 9.59 Å². The maximum atomic E-state index is 11.4. The summed E-state index contributed by atoms with van der Waals surface area (Å²) in [6.07, 6.45) is 3.19. The van der Waals surface area contributed by atoms with E-state index in [-0.39, 0.29) is 0 Å². The normalized spacial score (nSPS) is 9.80. The summed E-state index contributed by atoms with van der Waals surface area (Å²) in [7, 11) is 2.45. The van der Waals surface area contributed by atoms with Crippen molar-refractivity contribution in [3.05, 3.63) is 30.6 Å². The number of ether oxygens (including phenoxy) is 2. The fourth-order valence-electron chi connectivity index (χ4n) is 1.15. The van der Waals surface area contributed by atoms with Crippen LogP contribution in [0, 0.1) is 0 Å². The smallest absolute Gasteiger partial charge is 0.388 e. The maximum Gasteiger partial charge on any atom is 0.388 e. The van der Waals surface area contributed by atoms with Crippen LogP contribution in [0.5, 0.6) is 0 Å². The zero-order chi connectivity index (χ0) is 11.3. The summed E-state index contributed by atoms with van der Waals surface area (Å²) in [5.41, 5.74) is 0. The Morgan fingerprint density at radius 3 is 1.87 bits per heavy atom. The molecule has 15 heavy (non-hydrogen) atoms. The second kappa shape index (κ2) is 5.09. The predicted molar refractivity (Wildman–Crippen MR) is 49.7 cm³/mol. The van der Waals surface area contributed by atoms with Crippen LogP contribution in [-0.4, -0.2) is 26.2 Å². The Bertz CT molecular complexity index is 334. The van der Waals surface area contributed by atoms with E-state index in [0.717, 1.165) is 0 Å². The largest absolute Gasteiger partial charge is 0.464 e. The quantitative estimate of drug-likeness (QED) is 0.396. The Morgan fingerprint density at radius 1 is 1.00 bits per heavy atom. The van der Waals surface area contributed by atoms with Crippen molar-refractivity contribution in [2.45, 2.75) is 6.04 Å². The highest BCUT2D eigenvalue weighted by atomic mass is 16.5. The van der Waals surface area contributed by atoms with Crippen LogP contribution in [0.2, 0.25) is 0 Å². The van der Waals surface area contributed by atoms with Gasteiger partial charge in [-0.15, -0.1) is 0 Å². The molecule has 0 aromatic carbocycles. The van der Waals surface area contributed by atoms with Crippen LogP contribution < -0.4 is 4.57 Å². The van der Waals surface area contributed by atoms with Crippen LogP contribution in [0.15, 0.2) is 30.6 Å². The number of methoxy groups -OCH3 is 2. The highest BCUT2D eigenvalue weighted by molar-refractivity contribution is 5.94. The topological polar surface area (TPSA) is 56.5 Å². The number of hydrogen-bond donors (Lipinski definition) is 0. The van der Waals surface area contributed by atoms with E-state index in [4.69, 9.17) is 0 Å². The van der Waals surface area contributed by atoms with Gasteiger partial charge in [-0.05, 0) is 0 Å². The lowest BCUT2D eigenvalue weighted by Gasteiger charge is -2.07. The number of aromatic nitrogens is 1. The second-order valence-electron chi connectivity index (χ2n) is 2.77. The van der Waals surface area contributed by atoms with Crippen molar-refractivity contribution < 1.29 is 23.6 Å². The molecule has 1 rings (SSSR count). The molecule has 0 saturated heterocycles. The van der Waals surface area contributed by atoms with E-state index in [1.165, 1.54) is 18.8 Å². The molecule has 0 atom stereocenters. The van der Waals surface area contributed by atoms with Gasteiger partial charge in [0, 0.05) is 12.1 Å². The average Bonchev–Trinajstić information content (AvgIpc) is 2.30. The van der Waals surface area contributed by atoms with Crippen molar-refractivity contribution in [3.8, 4) is 0 Å². The molecular weight excluding hydrogens is 198 g/mol. The molecule has 0 N–H and O–H groups in total. The Morgan fingerprint density at radius 2 is 1.47 bits per heavy atom. The number of esters is 2. The molecule has 5 nitrogen and oxygen atoms in total. The number of nitrogens with zero attached hydrogens (tertiary/aromatic N) is 1. The van der Waals surface area contributed by atoms with Crippen LogP contribution in [0.4, 0.5) is 0 Å². The first kappa shape index (κ1) is 11.2. The van der Waals surface area contributed by atoms with E-state index in [1.54, 1.807) is 30.6 Å². The van der Waals surface area contributed by atoms with Crippen molar-refractivity contribution in [1.29, 1.82) is 0 Å². The molecule has 0 aliphatic heterocycles. The highest BCUT2D eigenvalue weighted by Crippen LogP contribution is 2.01. The molecule has 0 radical (unpaired) electrons. The van der Waals surface area contributed by atoms with Crippen LogP contribution in [-0.2, 0) is 19.1 Å². The van der Waals surface area contributed by atoms with Crippen LogP contribution in [0.3, 0.4) is 0 Å². The van der Waals surface area contributed by atoms with Gasteiger partial charge in [-0.3, -0.25) is 0 Å². The summed E-state index contributed by atoms with van der Waals surface area (Å²) in [6, 6.07) is 4.11. The van der Waals surface area contributed by atoms with Crippen molar-refractivity contribution in [2.75, 3.05) is 14.2 Å².